The fourth-order valence-corrected chi connectivity index (χ4v) is 7.30. The van der Waals surface area contributed by atoms with E-state index >= 15 is 0 Å². The van der Waals surface area contributed by atoms with Crippen LogP contribution in [0.3, 0.4) is 0 Å². The maximum atomic E-state index is 6.77. The fraction of sp³-hybridized carbons (Fsp3) is 0.750. The summed E-state index contributed by atoms with van der Waals surface area (Å²) >= 11 is 4.01. The summed E-state index contributed by atoms with van der Waals surface area (Å²) in [6.45, 7) is 12.2. The largest absolute Gasteiger partial charge is 0.487 e. The van der Waals surface area contributed by atoms with Gasteiger partial charge in [-0.15, -0.1) is 0 Å². The van der Waals surface area contributed by atoms with Crippen LogP contribution in [0.1, 0.15) is 64.5 Å². The third-order valence-electron chi connectivity index (χ3n) is 8.36. The highest BCUT2D eigenvalue weighted by Crippen LogP contribution is 2.65. The van der Waals surface area contributed by atoms with Crippen LogP contribution in [0.25, 0.3) is 0 Å². The second kappa shape index (κ2) is 6.91. The number of rotatable bonds is 3. The van der Waals surface area contributed by atoms with E-state index in [1.54, 1.807) is 7.11 Å². The van der Waals surface area contributed by atoms with Crippen molar-refractivity contribution in [3.05, 3.63) is 23.3 Å². The minimum absolute atomic E-state index is 0.0746. The van der Waals surface area contributed by atoms with Crippen LogP contribution in [-0.2, 0) is 11.2 Å². The van der Waals surface area contributed by atoms with Crippen LogP contribution in [0.4, 0.5) is 0 Å². The van der Waals surface area contributed by atoms with E-state index in [9.17, 15) is 0 Å². The molecule has 0 N–H and O–H groups in total. The summed E-state index contributed by atoms with van der Waals surface area (Å²) < 4.78 is 17.7. The smallest absolute Gasteiger partial charge is 0.188 e. The Morgan fingerprint density at radius 1 is 1.11 bits per heavy atom. The molecule has 0 saturated heterocycles. The zero-order valence-electron chi connectivity index (χ0n) is 18.2. The Labute approximate surface area is 178 Å². The molecule has 0 radical (unpaired) electrons. The molecule has 4 heteroatoms. The third kappa shape index (κ3) is 3.01. The lowest BCUT2D eigenvalue weighted by Crippen LogP contribution is -2.63. The van der Waals surface area contributed by atoms with E-state index in [1.165, 1.54) is 24.8 Å². The van der Waals surface area contributed by atoms with Crippen LogP contribution in [-0.4, -0.2) is 24.3 Å². The standard InChI is InChI=1S/C24H35BrO3/c1-15-11-18-16(12-17(15)27-14-26-6)13-20-23(4)9-8-21(25)22(2,3)19(23)7-10-24(20,5)28-18/h11-12,19-21H,7-10,13-14H2,1-6H3/t19-,20-,21-,23-,24+/m0/s1. The maximum absolute atomic E-state index is 6.77. The molecule has 0 aromatic heterocycles. The molecular formula is C24H35BrO3. The van der Waals surface area contributed by atoms with Crippen LogP contribution in [0.15, 0.2) is 12.1 Å². The summed E-state index contributed by atoms with van der Waals surface area (Å²) in [5.74, 6) is 3.21. The average molecular weight is 451 g/mol. The Balaban J connectivity index is 1.71. The molecule has 0 bridgehead atoms. The molecule has 1 aromatic rings. The monoisotopic (exact) mass is 450 g/mol. The SMILES string of the molecule is COCOc1cc2c(cc1C)O[C@]1(C)CC[C@H]3C(C)(C)[C@@H](Br)CC[C@]3(C)[C@@H]1C2. The Kier molecular flexibility index (Phi) is 5.06. The topological polar surface area (TPSA) is 27.7 Å². The molecule has 0 unspecified atom stereocenters. The van der Waals surface area contributed by atoms with Gasteiger partial charge in [-0.05, 0) is 86.0 Å². The molecular weight excluding hydrogens is 416 g/mol. The van der Waals surface area contributed by atoms with Gasteiger partial charge in [0.05, 0.1) is 0 Å². The van der Waals surface area contributed by atoms with Crippen molar-refractivity contribution in [1.29, 1.82) is 0 Å². The molecule has 3 aliphatic rings. The lowest BCUT2D eigenvalue weighted by Gasteiger charge is -2.64. The van der Waals surface area contributed by atoms with Crippen LogP contribution in [0.5, 0.6) is 11.5 Å². The van der Waals surface area contributed by atoms with Crippen LogP contribution in [0.2, 0.25) is 0 Å². The van der Waals surface area contributed by atoms with Gasteiger partial charge in [0.1, 0.15) is 17.1 Å². The summed E-state index contributed by atoms with van der Waals surface area (Å²) in [6, 6.07) is 4.35. The Hall–Kier alpha value is -0.740. The van der Waals surface area contributed by atoms with E-state index in [2.05, 4.69) is 62.7 Å². The van der Waals surface area contributed by atoms with Crippen LogP contribution < -0.4 is 9.47 Å². The number of benzene rings is 1. The number of aryl methyl sites for hydroxylation is 1. The van der Waals surface area contributed by atoms with E-state index in [4.69, 9.17) is 14.2 Å². The first-order chi connectivity index (χ1) is 13.1. The van der Waals surface area contributed by atoms with Crippen molar-refractivity contribution >= 4 is 15.9 Å². The lowest BCUT2D eigenvalue weighted by molar-refractivity contribution is -0.160. The number of ether oxygens (including phenoxy) is 3. The highest BCUT2D eigenvalue weighted by Gasteiger charge is 2.62. The Bertz CT molecular complexity index is 760. The number of alkyl halides is 1. The first-order valence-electron chi connectivity index (χ1n) is 10.7. The molecule has 0 amide bonds. The predicted molar refractivity (Wildman–Crippen MR) is 116 cm³/mol. The first kappa shape index (κ1) is 20.5. The van der Waals surface area contributed by atoms with Crippen molar-refractivity contribution in [2.24, 2.45) is 22.7 Å². The number of hydrogen-bond donors (Lipinski definition) is 0. The second-order valence-corrected chi connectivity index (χ2v) is 11.5. The number of hydrogen-bond acceptors (Lipinski definition) is 3. The zero-order valence-corrected chi connectivity index (χ0v) is 19.8. The fourth-order valence-electron chi connectivity index (χ4n) is 6.75. The van der Waals surface area contributed by atoms with Gasteiger partial charge in [0, 0.05) is 17.9 Å². The molecule has 28 heavy (non-hydrogen) atoms. The van der Waals surface area contributed by atoms with Gasteiger partial charge < -0.3 is 14.2 Å². The van der Waals surface area contributed by atoms with Gasteiger partial charge in [-0.1, -0.05) is 36.7 Å². The lowest BCUT2D eigenvalue weighted by atomic mass is 9.44. The molecule has 3 nitrogen and oxygen atoms in total. The Morgan fingerprint density at radius 3 is 2.57 bits per heavy atom. The molecule has 156 valence electrons. The summed E-state index contributed by atoms with van der Waals surface area (Å²) in [7, 11) is 1.66. The molecule has 2 saturated carbocycles. The molecule has 1 aliphatic heterocycles. The first-order valence-corrected chi connectivity index (χ1v) is 11.6. The highest BCUT2D eigenvalue weighted by atomic mass is 79.9. The van der Waals surface area contributed by atoms with Crippen molar-refractivity contribution in [3.63, 3.8) is 0 Å². The molecule has 1 heterocycles. The second-order valence-electron chi connectivity index (χ2n) is 10.4. The molecule has 5 atom stereocenters. The maximum Gasteiger partial charge on any atom is 0.188 e. The number of halogens is 1. The van der Waals surface area contributed by atoms with Gasteiger partial charge in [0.2, 0.25) is 0 Å². The Morgan fingerprint density at radius 2 is 1.86 bits per heavy atom. The molecule has 4 rings (SSSR count). The van der Waals surface area contributed by atoms with E-state index in [0.717, 1.165) is 35.8 Å². The van der Waals surface area contributed by atoms with Crippen molar-refractivity contribution in [2.75, 3.05) is 13.9 Å². The van der Waals surface area contributed by atoms with E-state index in [-0.39, 0.29) is 12.4 Å². The van der Waals surface area contributed by atoms with E-state index in [1.807, 2.05) is 0 Å². The normalized spacial score (nSPS) is 38.6. The van der Waals surface area contributed by atoms with Gasteiger partial charge in [-0.3, -0.25) is 0 Å². The minimum atomic E-state index is -0.0746. The highest BCUT2D eigenvalue weighted by molar-refractivity contribution is 9.09. The predicted octanol–water partition coefficient (Wildman–Crippen LogP) is 6.29. The molecule has 0 spiro atoms. The molecule has 1 aromatic carbocycles. The quantitative estimate of drug-likeness (QED) is 0.400. The van der Waals surface area contributed by atoms with Crippen molar-refractivity contribution in [2.45, 2.75) is 77.2 Å². The van der Waals surface area contributed by atoms with Crippen molar-refractivity contribution in [1.82, 2.24) is 0 Å². The summed E-state index contributed by atoms with van der Waals surface area (Å²) in [5.41, 5.74) is 2.94. The van der Waals surface area contributed by atoms with Gasteiger partial charge in [-0.25, -0.2) is 0 Å². The van der Waals surface area contributed by atoms with Crippen molar-refractivity contribution in [3.8, 4) is 11.5 Å². The molecule has 2 fully saturated rings. The number of fused-ring (bicyclic) bond motifs is 4. The van der Waals surface area contributed by atoms with Gasteiger partial charge in [0.15, 0.2) is 6.79 Å². The average Bonchev–Trinajstić information content (AvgIpc) is 2.62. The summed E-state index contributed by atoms with van der Waals surface area (Å²) in [5, 5.41) is 0. The molecule has 2 aliphatic carbocycles. The van der Waals surface area contributed by atoms with E-state index in [0.29, 0.717) is 21.6 Å². The van der Waals surface area contributed by atoms with Crippen LogP contribution in [0, 0.1) is 29.6 Å². The van der Waals surface area contributed by atoms with Gasteiger partial charge in [-0.2, -0.15) is 0 Å². The van der Waals surface area contributed by atoms with E-state index < -0.39 is 0 Å². The third-order valence-corrected chi connectivity index (χ3v) is 10.00. The number of methoxy groups -OCH3 is 1. The van der Waals surface area contributed by atoms with Gasteiger partial charge >= 0.3 is 0 Å². The minimum Gasteiger partial charge on any atom is -0.487 e. The van der Waals surface area contributed by atoms with Crippen LogP contribution >= 0.6 is 15.9 Å². The van der Waals surface area contributed by atoms with Gasteiger partial charge in [0.25, 0.3) is 0 Å². The summed E-state index contributed by atoms with van der Waals surface area (Å²) in [4.78, 5) is 0.607. The zero-order chi connectivity index (χ0) is 20.3. The summed E-state index contributed by atoms with van der Waals surface area (Å²) in [6.07, 6.45) is 5.99. The van der Waals surface area contributed by atoms with Crippen molar-refractivity contribution < 1.29 is 14.2 Å².